The molecular weight excluding hydrogens is 492 g/mol. The molecule has 1 N–H and O–H groups in total. The van der Waals surface area contributed by atoms with E-state index in [-0.39, 0.29) is 12.2 Å². The largest absolute Gasteiger partial charge is 0.493 e. The predicted molar refractivity (Wildman–Crippen MR) is 143 cm³/mol. The van der Waals surface area contributed by atoms with Crippen LogP contribution in [-0.4, -0.2) is 25.0 Å². The van der Waals surface area contributed by atoms with Crippen LogP contribution in [0.3, 0.4) is 0 Å². The van der Waals surface area contributed by atoms with Gasteiger partial charge < -0.3 is 9.47 Å². The lowest BCUT2D eigenvalue weighted by atomic mass is 10.0. The summed E-state index contributed by atoms with van der Waals surface area (Å²) in [5.74, 6) is -0.541. The molecule has 0 aliphatic carbocycles. The van der Waals surface area contributed by atoms with Crippen molar-refractivity contribution in [3.63, 3.8) is 0 Å². The number of rotatable bonds is 8. The summed E-state index contributed by atoms with van der Waals surface area (Å²) in [6, 6.07) is 16.8. The average molecular weight is 517 g/mol. The highest BCUT2D eigenvalue weighted by Gasteiger charge is 2.36. The molecule has 0 bridgehead atoms. The van der Waals surface area contributed by atoms with Gasteiger partial charge in [-0.15, -0.1) is 6.58 Å². The van der Waals surface area contributed by atoms with Crippen molar-refractivity contribution in [3.8, 4) is 11.5 Å². The lowest BCUT2D eigenvalue weighted by Gasteiger charge is -2.26. The summed E-state index contributed by atoms with van der Waals surface area (Å²) < 4.78 is 11.7. The minimum Gasteiger partial charge on any atom is -0.493 e. The summed E-state index contributed by atoms with van der Waals surface area (Å²) in [5, 5.41) is 2.88. The molecule has 3 aromatic carbocycles. The number of aryl methyl sites for hydroxylation is 1. The molecule has 7 nitrogen and oxygen atoms in total. The van der Waals surface area contributed by atoms with Gasteiger partial charge in [0.1, 0.15) is 12.2 Å². The third-order valence-electron chi connectivity index (χ3n) is 5.74. The number of barbiturate groups is 1. The molecule has 1 aliphatic heterocycles. The van der Waals surface area contributed by atoms with Gasteiger partial charge in [0.15, 0.2) is 11.5 Å². The van der Waals surface area contributed by atoms with Gasteiger partial charge in [0.2, 0.25) is 0 Å². The van der Waals surface area contributed by atoms with Crippen molar-refractivity contribution in [3.05, 3.63) is 106 Å². The fraction of sp³-hybridized carbons (Fsp3) is 0.138. The van der Waals surface area contributed by atoms with Gasteiger partial charge in [-0.05, 0) is 66.9 Å². The van der Waals surface area contributed by atoms with E-state index in [4.69, 9.17) is 21.1 Å². The molecule has 1 fully saturated rings. The van der Waals surface area contributed by atoms with E-state index in [2.05, 4.69) is 11.9 Å². The number of hydrogen-bond acceptors (Lipinski definition) is 5. The minimum absolute atomic E-state index is 0.179. The number of anilines is 1. The SMILES string of the molecule is C=CCc1cc(/C=C2\C(=O)NC(=O)N(c3ccc(C)cc3)C2=O)cc(OC)c1OCc1ccc(Cl)cc1. The summed E-state index contributed by atoms with van der Waals surface area (Å²) in [6.45, 7) is 6.00. The van der Waals surface area contributed by atoms with E-state index in [9.17, 15) is 14.4 Å². The molecule has 0 unspecified atom stereocenters. The normalized spacial score (nSPS) is 14.5. The summed E-state index contributed by atoms with van der Waals surface area (Å²) in [6.07, 6.45) is 3.61. The summed E-state index contributed by atoms with van der Waals surface area (Å²) in [5.41, 5.74) is 3.37. The first-order valence-corrected chi connectivity index (χ1v) is 11.9. The van der Waals surface area contributed by atoms with Crippen molar-refractivity contribution in [2.24, 2.45) is 0 Å². The third-order valence-corrected chi connectivity index (χ3v) is 5.99. The van der Waals surface area contributed by atoms with Gasteiger partial charge in [-0.1, -0.05) is 47.5 Å². The molecule has 37 heavy (non-hydrogen) atoms. The maximum atomic E-state index is 13.2. The van der Waals surface area contributed by atoms with Crippen LogP contribution in [0.25, 0.3) is 6.08 Å². The maximum Gasteiger partial charge on any atom is 0.335 e. The monoisotopic (exact) mass is 516 g/mol. The molecule has 188 valence electrons. The molecule has 0 atom stereocenters. The second-order valence-electron chi connectivity index (χ2n) is 8.41. The molecule has 8 heteroatoms. The molecule has 4 rings (SSSR count). The number of nitrogens with zero attached hydrogens (tertiary/aromatic N) is 1. The number of carbonyl (C=O) groups excluding carboxylic acids is 3. The summed E-state index contributed by atoms with van der Waals surface area (Å²) >= 11 is 5.97. The van der Waals surface area contributed by atoms with Crippen molar-refractivity contribution in [2.45, 2.75) is 20.0 Å². The third kappa shape index (κ3) is 5.73. The molecule has 4 amide bonds. The Morgan fingerprint density at radius 3 is 2.38 bits per heavy atom. The van der Waals surface area contributed by atoms with E-state index >= 15 is 0 Å². The molecule has 0 spiro atoms. The van der Waals surface area contributed by atoms with E-state index in [0.29, 0.717) is 34.2 Å². The molecule has 1 heterocycles. The van der Waals surface area contributed by atoms with Crippen LogP contribution in [0.2, 0.25) is 5.02 Å². The zero-order chi connectivity index (χ0) is 26.5. The molecule has 3 aromatic rings. The number of ether oxygens (including phenoxy) is 2. The number of carbonyl (C=O) groups is 3. The zero-order valence-corrected chi connectivity index (χ0v) is 21.2. The molecular formula is C29H25ClN2O5. The van der Waals surface area contributed by atoms with Crippen LogP contribution >= 0.6 is 11.6 Å². The number of methoxy groups -OCH3 is 1. The van der Waals surface area contributed by atoms with Crippen molar-refractivity contribution in [2.75, 3.05) is 12.0 Å². The fourth-order valence-corrected chi connectivity index (χ4v) is 4.00. The molecule has 0 radical (unpaired) electrons. The number of amides is 4. The number of halogens is 1. The van der Waals surface area contributed by atoms with Crippen LogP contribution in [0.1, 0.15) is 22.3 Å². The van der Waals surface area contributed by atoms with Gasteiger partial charge in [0.25, 0.3) is 11.8 Å². The van der Waals surface area contributed by atoms with Crippen molar-refractivity contribution < 1.29 is 23.9 Å². The maximum absolute atomic E-state index is 13.2. The van der Waals surface area contributed by atoms with Crippen LogP contribution in [0, 0.1) is 6.92 Å². The predicted octanol–water partition coefficient (Wildman–Crippen LogP) is 5.63. The zero-order valence-electron chi connectivity index (χ0n) is 20.4. The van der Waals surface area contributed by atoms with E-state index in [1.54, 1.807) is 54.6 Å². The Hall–Kier alpha value is -4.36. The summed E-state index contributed by atoms with van der Waals surface area (Å²) in [7, 11) is 1.51. The van der Waals surface area contributed by atoms with Crippen molar-refractivity contribution in [1.29, 1.82) is 0 Å². The van der Waals surface area contributed by atoms with E-state index < -0.39 is 17.8 Å². The smallest absolute Gasteiger partial charge is 0.335 e. The Labute approximate surface area is 219 Å². The first-order chi connectivity index (χ1) is 17.8. The molecule has 0 aromatic heterocycles. The quantitative estimate of drug-likeness (QED) is 0.238. The first kappa shape index (κ1) is 25.7. The number of benzene rings is 3. The summed E-state index contributed by atoms with van der Waals surface area (Å²) in [4.78, 5) is 39.3. The number of allylic oxidation sites excluding steroid dienone is 1. The van der Waals surface area contributed by atoms with E-state index in [0.717, 1.165) is 21.6 Å². The van der Waals surface area contributed by atoms with Crippen molar-refractivity contribution in [1.82, 2.24) is 5.32 Å². The Morgan fingerprint density at radius 1 is 1.03 bits per heavy atom. The van der Waals surface area contributed by atoms with Gasteiger partial charge in [-0.25, -0.2) is 9.69 Å². The standard InChI is InChI=1S/C29H25ClN2O5/c1-4-5-21-14-20(16-25(36-3)26(21)37-17-19-8-10-22(30)11-9-19)15-24-27(33)31-29(35)32(28(24)34)23-12-6-18(2)7-13-23/h4,6-16H,1,5,17H2,2-3H3,(H,31,33,35)/b24-15+. The Balaban J connectivity index is 1.69. The Morgan fingerprint density at radius 2 is 1.73 bits per heavy atom. The topological polar surface area (TPSA) is 84.9 Å². The molecule has 0 saturated carbocycles. The van der Waals surface area contributed by atoms with Gasteiger partial charge in [-0.2, -0.15) is 0 Å². The van der Waals surface area contributed by atoms with Crippen LogP contribution < -0.4 is 19.7 Å². The lowest BCUT2D eigenvalue weighted by molar-refractivity contribution is -0.122. The van der Waals surface area contributed by atoms with E-state index in [1.165, 1.54) is 13.2 Å². The highest BCUT2D eigenvalue weighted by atomic mass is 35.5. The molecule has 1 aliphatic rings. The number of hydrogen-bond donors (Lipinski definition) is 1. The highest BCUT2D eigenvalue weighted by Crippen LogP contribution is 2.35. The Kier molecular flexibility index (Phi) is 7.74. The van der Waals surface area contributed by atoms with Crippen LogP contribution in [0.5, 0.6) is 11.5 Å². The number of urea groups is 1. The van der Waals surface area contributed by atoms with Crippen LogP contribution in [0.4, 0.5) is 10.5 Å². The van der Waals surface area contributed by atoms with Gasteiger partial charge in [0, 0.05) is 10.6 Å². The van der Waals surface area contributed by atoms with Crippen LogP contribution in [0.15, 0.2) is 78.9 Å². The Bertz CT molecular complexity index is 1400. The van der Waals surface area contributed by atoms with Crippen LogP contribution in [-0.2, 0) is 22.6 Å². The molecule has 1 saturated heterocycles. The van der Waals surface area contributed by atoms with Gasteiger partial charge in [-0.3, -0.25) is 14.9 Å². The second-order valence-corrected chi connectivity index (χ2v) is 8.85. The van der Waals surface area contributed by atoms with Gasteiger partial charge >= 0.3 is 6.03 Å². The lowest BCUT2D eigenvalue weighted by Crippen LogP contribution is -2.54. The van der Waals surface area contributed by atoms with Gasteiger partial charge in [0.05, 0.1) is 12.8 Å². The number of nitrogens with one attached hydrogen (secondary N) is 1. The minimum atomic E-state index is -0.799. The van der Waals surface area contributed by atoms with E-state index in [1.807, 2.05) is 19.1 Å². The second kappa shape index (κ2) is 11.1. The highest BCUT2D eigenvalue weighted by molar-refractivity contribution is 6.39. The van der Waals surface area contributed by atoms with Crippen molar-refractivity contribution >= 4 is 41.2 Å². The number of imide groups is 2. The first-order valence-electron chi connectivity index (χ1n) is 11.5. The average Bonchev–Trinajstić information content (AvgIpc) is 2.88. The fourth-order valence-electron chi connectivity index (χ4n) is 3.88.